The summed E-state index contributed by atoms with van der Waals surface area (Å²) in [5.74, 6) is 4.12. The van der Waals surface area contributed by atoms with Gasteiger partial charge in [-0.3, -0.25) is 0 Å². The summed E-state index contributed by atoms with van der Waals surface area (Å²) in [5, 5.41) is 9.10. The van der Waals surface area contributed by atoms with Crippen LogP contribution in [0.4, 0.5) is 4.39 Å². The zero-order valence-corrected chi connectivity index (χ0v) is 6.90. The van der Waals surface area contributed by atoms with Gasteiger partial charge in [-0.15, -0.1) is 11.6 Å². The Balaban J connectivity index is 3.08. The monoisotopic (exact) mass is 184 g/mol. The van der Waals surface area contributed by atoms with Crippen molar-refractivity contribution in [3.63, 3.8) is 0 Å². The van der Waals surface area contributed by atoms with Crippen LogP contribution in [0.3, 0.4) is 0 Å². The summed E-state index contributed by atoms with van der Waals surface area (Å²) in [7, 11) is 0. The molecule has 0 amide bonds. The molecule has 3 heteroatoms. The maximum Gasteiger partial charge on any atom is 0.167 e. The first-order chi connectivity index (χ1) is 5.75. The van der Waals surface area contributed by atoms with Crippen LogP contribution in [0.15, 0.2) is 18.2 Å². The Hall–Kier alpha value is -1.20. The van der Waals surface area contributed by atoms with Crippen LogP contribution in [0.25, 0.3) is 0 Å². The molecule has 1 N–H and O–H groups in total. The van der Waals surface area contributed by atoms with Crippen LogP contribution in [0.2, 0.25) is 0 Å². The van der Waals surface area contributed by atoms with Crippen LogP contribution in [0.5, 0.6) is 5.75 Å². The number of rotatable bonds is 0. The minimum absolute atomic E-state index is 0.163. The van der Waals surface area contributed by atoms with Gasteiger partial charge in [0.25, 0.3) is 0 Å². The Morgan fingerprint density at radius 3 is 2.92 bits per heavy atom. The molecule has 0 heterocycles. The lowest BCUT2D eigenvalue weighted by Gasteiger charge is -1.96. The van der Waals surface area contributed by atoms with Gasteiger partial charge < -0.3 is 5.11 Å². The molecule has 0 fully saturated rings. The zero-order chi connectivity index (χ0) is 8.97. The molecule has 0 bridgehead atoms. The zero-order valence-electron chi connectivity index (χ0n) is 6.14. The second-order valence-corrected chi connectivity index (χ2v) is 2.34. The lowest BCUT2D eigenvalue weighted by Crippen LogP contribution is -1.81. The van der Waals surface area contributed by atoms with Gasteiger partial charge in [-0.25, -0.2) is 4.39 Å². The van der Waals surface area contributed by atoms with Crippen LogP contribution in [0, 0.1) is 17.7 Å². The second kappa shape index (κ2) is 3.99. The minimum atomic E-state index is -0.670. The van der Waals surface area contributed by atoms with Crippen LogP contribution in [0.1, 0.15) is 5.56 Å². The highest BCUT2D eigenvalue weighted by molar-refractivity contribution is 6.19. The van der Waals surface area contributed by atoms with E-state index < -0.39 is 11.6 Å². The Bertz CT molecular complexity index is 338. The van der Waals surface area contributed by atoms with E-state index in [1.807, 2.05) is 0 Å². The highest BCUT2D eigenvalue weighted by Gasteiger charge is 2.02. The molecule has 0 aromatic heterocycles. The maximum absolute atomic E-state index is 12.7. The van der Waals surface area contributed by atoms with Gasteiger partial charge >= 0.3 is 0 Å². The molecular formula is C9H6ClFO. The smallest absolute Gasteiger partial charge is 0.167 e. The van der Waals surface area contributed by atoms with Crippen molar-refractivity contribution < 1.29 is 9.50 Å². The number of alkyl halides is 1. The van der Waals surface area contributed by atoms with Crippen LogP contribution in [-0.2, 0) is 0 Å². The highest BCUT2D eigenvalue weighted by atomic mass is 35.5. The number of halogens is 2. The lowest BCUT2D eigenvalue weighted by molar-refractivity contribution is 0.431. The maximum atomic E-state index is 12.7. The average molecular weight is 185 g/mol. The largest absolute Gasteiger partial charge is 0.504 e. The Morgan fingerprint density at radius 2 is 2.25 bits per heavy atom. The molecule has 0 aliphatic carbocycles. The summed E-state index contributed by atoms with van der Waals surface area (Å²) in [6.45, 7) is 0. The van der Waals surface area contributed by atoms with Crippen LogP contribution >= 0.6 is 11.6 Å². The standard InChI is InChI=1S/C9H6ClFO/c10-6-2-4-7-3-1-5-8(11)9(7)12/h1,3,5,12H,6H2. The molecule has 0 radical (unpaired) electrons. The molecule has 0 unspecified atom stereocenters. The third-order valence-corrected chi connectivity index (χ3v) is 1.41. The third-order valence-electron chi connectivity index (χ3n) is 1.28. The van der Waals surface area contributed by atoms with E-state index in [0.717, 1.165) is 0 Å². The number of hydrogen-bond acceptors (Lipinski definition) is 1. The highest BCUT2D eigenvalue weighted by Crippen LogP contribution is 2.19. The Labute approximate surface area is 74.8 Å². The van der Waals surface area contributed by atoms with E-state index in [2.05, 4.69) is 11.8 Å². The normalized spacial score (nSPS) is 8.83. The van der Waals surface area contributed by atoms with Crippen molar-refractivity contribution in [1.82, 2.24) is 0 Å². The van der Waals surface area contributed by atoms with Gasteiger partial charge in [0, 0.05) is 0 Å². The SMILES string of the molecule is Oc1c(F)cccc1C#CCCl. The molecule has 0 atom stereocenters. The lowest BCUT2D eigenvalue weighted by atomic mass is 10.2. The number of hydrogen-bond donors (Lipinski definition) is 1. The fourth-order valence-corrected chi connectivity index (χ4v) is 0.812. The summed E-state index contributed by atoms with van der Waals surface area (Å²) in [4.78, 5) is 0. The van der Waals surface area contributed by atoms with E-state index in [0.29, 0.717) is 0 Å². The first-order valence-corrected chi connectivity index (χ1v) is 3.81. The summed E-state index contributed by atoms with van der Waals surface area (Å²) >= 11 is 5.29. The molecule has 12 heavy (non-hydrogen) atoms. The summed E-state index contributed by atoms with van der Waals surface area (Å²) in [6, 6.07) is 4.17. The van der Waals surface area contributed by atoms with Crippen molar-refractivity contribution in [2.75, 3.05) is 5.88 Å². The predicted molar refractivity (Wildman–Crippen MR) is 45.7 cm³/mol. The summed E-state index contributed by atoms with van der Waals surface area (Å²) in [5.41, 5.74) is 0.260. The molecule has 1 aromatic carbocycles. The minimum Gasteiger partial charge on any atom is -0.504 e. The molecule has 1 aromatic rings. The van der Waals surface area contributed by atoms with Crippen molar-refractivity contribution in [2.24, 2.45) is 0 Å². The molecule has 0 saturated carbocycles. The van der Waals surface area contributed by atoms with E-state index in [-0.39, 0.29) is 11.4 Å². The predicted octanol–water partition coefficient (Wildman–Crippen LogP) is 2.12. The molecule has 0 aliphatic heterocycles. The molecular weight excluding hydrogens is 179 g/mol. The molecule has 1 nitrogen and oxygen atoms in total. The Morgan fingerprint density at radius 1 is 1.50 bits per heavy atom. The van der Waals surface area contributed by atoms with Crippen molar-refractivity contribution in [3.8, 4) is 17.6 Å². The van der Waals surface area contributed by atoms with Gasteiger partial charge in [0.05, 0.1) is 11.4 Å². The van der Waals surface area contributed by atoms with Gasteiger partial charge in [0.15, 0.2) is 11.6 Å². The fraction of sp³-hybridized carbons (Fsp3) is 0.111. The van der Waals surface area contributed by atoms with Crippen molar-refractivity contribution in [2.45, 2.75) is 0 Å². The summed E-state index contributed by atoms with van der Waals surface area (Å²) < 4.78 is 12.7. The van der Waals surface area contributed by atoms with Crippen LogP contribution in [-0.4, -0.2) is 11.0 Å². The third kappa shape index (κ3) is 1.90. The molecule has 0 saturated heterocycles. The van der Waals surface area contributed by atoms with E-state index in [9.17, 15) is 4.39 Å². The average Bonchev–Trinajstić information content (AvgIpc) is 2.08. The second-order valence-electron chi connectivity index (χ2n) is 2.07. The van der Waals surface area contributed by atoms with Crippen molar-refractivity contribution in [1.29, 1.82) is 0 Å². The first kappa shape index (κ1) is 8.89. The number of phenolic OH excluding ortho intramolecular Hbond substituents is 1. The van der Waals surface area contributed by atoms with Gasteiger partial charge in [-0.2, -0.15) is 0 Å². The van der Waals surface area contributed by atoms with Crippen molar-refractivity contribution >= 4 is 11.6 Å². The number of para-hydroxylation sites is 1. The van der Waals surface area contributed by atoms with E-state index in [1.54, 1.807) is 0 Å². The Kier molecular flexibility index (Phi) is 2.95. The first-order valence-electron chi connectivity index (χ1n) is 3.28. The van der Waals surface area contributed by atoms with Crippen molar-refractivity contribution in [3.05, 3.63) is 29.6 Å². The number of aromatic hydroxyl groups is 1. The van der Waals surface area contributed by atoms with Gasteiger partial charge in [-0.05, 0) is 12.1 Å². The van der Waals surface area contributed by atoms with E-state index in [1.165, 1.54) is 18.2 Å². The topological polar surface area (TPSA) is 20.2 Å². The fourth-order valence-electron chi connectivity index (χ4n) is 0.745. The van der Waals surface area contributed by atoms with E-state index >= 15 is 0 Å². The molecule has 0 spiro atoms. The van der Waals surface area contributed by atoms with Gasteiger partial charge in [0.2, 0.25) is 0 Å². The number of benzene rings is 1. The van der Waals surface area contributed by atoms with E-state index in [4.69, 9.17) is 16.7 Å². The molecule has 1 rings (SSSR count). The number of phenols is 1. The van der Waals surface area contributed by atoms with Crippen LogP contribution < -0.4 is 0 Å². The van der Waals surface area contributed by atoms with Gasteiger partial charge in [0.1, 0.15) is 0 Å². The molecule has 62 valence electrons. The van der Waals surface area contributed by atoms with Gasteiger partial charge in [-0.1, -0.05) is 17.9 Å². The quantitative estimate of drug-likeness (QED) is 0.484. The summed E-state index contributed by atoms with van der Waals surface area (Å²) in [6.07, 6.45) is 0. The molecule has 0 aliphatic rings.